The minimum Gasteiger partial charge on any atom is -0.456 e. The molecule has 24 rings (SSSR count). The summed E-state index contributed by atoms with van der Waals surface area (Å²) < 4.78 is 122. The molecule has 7 heterocycles. The normalized spacial score (nSPS) is 13.0. The van der Waals surface area contributed by atoms with E-state index in [1.54, 1.807) is 24.3 Å². The van der Waals surface area contributed by atoms with E-state index in [0.717, 1.165) is 155 Å². The van der Waals surface area contributed by atoms with Gasteiger partial charge in [-0.2, -0.15) is 21.6 Å². The molecular weight excluding hydrogens is 1860 g/mol. The van der Waals surface area contributed by atoms with Crippen LogP contribution in [-0.4, -0.2) is 94.4 Å². The second kappa shape index (κ2) is 39.0. The van der Waals surface area contributed by atoms with E-state index in [1.165, 1.54) is 18.2 Å². The molecule has 0 amide bonds. The molecule has 0 aliphatic carbocycles. The number of halogens is 5. The van der Waals surface area contributed by atoms with Crippen LogP contribution >= 0.6 is 0 Å². The molecule has 1 fully saturated rings. The van der Waals surface area contributed by atoms with Crippen molar-refractivity contribution in [1.82, 2.24) is 49.8 Å². The zero-order valence-electron chi connectivity index (χ0n) is 79.0. The number of furan rings is 2. The van der Waals surface area contributed by atoms with Gasteiger partial charge in [0.2, 0.25) is 0 Å². The fourth-order valence-electron chi connectivity index (χ4n) is 18.3. The second-order valence-corrected chi connectivity index (χ2v) is 38.0. The SMILES string of the molecule is CC1(C)OB(c2cc3oc4ccccc4c3cc2-c2nc(-c3ccccc3)nc(-c3ccccc3)n2)OC1(C)C.O=S(=O)(CC(F)(F)CC(F)(F)F)Oc1ccc(-c2cc(-c3cccc(-c4ccccc4)c3)nc(-c3ccccc3)n2)c2ccccc12.c1ccc(-c2cc(-c3ccc(-c4cc5oc6ccccc6c5cc4-c4nc(-c5ccccc5)nc(-c5ccccc5)n4)c4ccccc34)nc(-c3ccccc3)n2)cc1. The molecular formula is C122H86BF5N10O7S. The lowest BCUT2D eigenvalue weighted by Gasteiger charge is -2.32. The van der Waals surface area contributed by atoms with Gasteiger partial charge in [-0.3, -0.25) is 0 Å². The highest BCUT2D eigenvalue weighted by atomic mass is 32.2. The first kappa shape index (κ1) is 93.4. The molecule has 6 aromatic heterocycles. The maximum atomic E-state index is 14.0. The van der Waals surface area contributed by atoms with E-state index in [4.69, 9.17) is 72.2 Å². The van der Waals surface area contributed by atoms with Gasteiger partial charge in [0.25, 0.3) is 5.92 Å². The van der Waals surface area contributed by atoms with E-state index < -0.39 is 52.7 Å². The van der Waals surface area contributed by atoms with Crippen LogP contribution in [0.2, 0.25) is 0 Å². The minimum absolute atomic E-state index is 0.236. The number of hydrogen-bond donors (Lipinski definition) is 0. The monoisotopic (exact) mass is 1940 g/mol. The van der Waals surface area contributed by atoms with E-state index in [-0.39, 0.29) is 11.1 Å². The van der Waals surface area contributed by atoms with Crippen molar-refractivity contribution >= 4 is 88.1 Å². The van der Waals surface area contributed by atoms with Gasteiger partial charge in [0.1, 0.15) is 34.5 Å². The van der Waals surface area contributed by atoms with Crippen molar-refractivity contribution in [3.63, 3.8) is 0 Å². The molecule has 146 heavy (non-hydrogen) atoms. The molecule has 23 aromatic rings. The molecule has 1 saturated heterocycles. The second-order valence-electron chi connectivity index (χ2n) is 36.5. The van der Waals surface area contributed by atoms with Crippen LogP contribution < -0.4 is 9.65 Å². The van der Waals surface area contributed by atoms with Gasteiger partial charge in [0.05, 0.1) is 34.0 Å². The summed E-state index contributed by atoms with van der Waals surface area (Å²) in [4.78, 5) is 50.3. The summed E-state index contributed by atoms with van der Waals surface area (Å²) in [5.74, 6) is -2.39. The molecule has 17 aromatic carbocycles. The molecule has 0 unspecified atom stereocenters. The predicted octanol–water partition coefficient (Wildman–Crippen LogP) is 30.0. The lowest BCUT2D eigenvalue weighted by Crippen LogP contribution is -2.41. The lowest BCUT2D eigenvalue weighted by molar-refractivity contribution is -0.181. The molecule has 710 valence electrons. The Labute approximate surface area is 837 Å². The van der Waals surface area contributed by atoms with Crippen LogP contribution in [0.15, 0.2) is 433 Å². The van der Waals surface area contributed by atoms with Crippen molar-refractivity contribution in [3.8, 4) is 164 Å². The number of hydrogen-bond acceptors (Lipinski definition) is 17. The summed E-state index contributed by atoms with van der Waals surface area (Å²) in [7, 11) is -5.75. The number of benzene rings is 17. The Kier molecular flexibility index (Phi) is 25.0. The third-order valence-electron chi connectivity index (χ3n) is 26.0. The first-order valence-corrected chi connectivity index (χ1v) is 49.0. The molecule has 0 N–H and O–H groups in total. The number of fused-ring (bicyclic) bond motifs is 8. The van der Waals surface area contributed by atoms with Crippen molar-refractivity contribution in [3.05, 3.63) is 425 Å². The first-order valence-electron chi connectivity index (χ1n) is 47.4. The van der Waals surface area contributed by atoms with Crippen molar-refractivity contribution in [2.24, 2.45) is 0 Å². The van der Waals surface area contributed by atoms with Crippen LogP contribution in [0.25, 0.3) is 224 Å². The van der Waals surface area contributed by atoms with Crippen LogP contribution in [-0.2, 0) is 19.4 Å². The Morgan fingerprint density at radius 1 is 0.260 bits per heavy atom. The Balaban J connectivity index is 0.000000127. The fraction of sp³-hybridized carbons (Fsp3) is 0.0820. The van der Waals surface area contributed by atoms with Gasteiger partial charge in [0, 0.05) is 93.7 Å². The van der Waals surface area contributed by atoms with Gasteiger partial charge in [-0.15, -0.1) is 0 Å². The molecule has 0 spiro atoms. The first-order chi connectivity index (χ1) is 70.9. The van der Waals surface area contributed by atoms with Crippen LogP contribution in [0.4, 0.5) is 22.0 Å². The highest BCUT2D eigenvalue weighted by molar-refractivity contribution is 7.87. The topological polar surface area (TPSA) is 217 Å². The summed E-state index contributed by atoms with van der Waals surface area (Å²) in [6.45, 7) is 8.21. The fourth-order valence-corrected chi connectivity index (χ4v) is 19.4. The maximum absolute atomic E-state index is 14.0. The van der Waals surface area contributed by atoms with Crippen molar-refractivity contribution in [2.45, 2.75) is 57.4 Å². The van der Waals surface area contributed by atoms with E-state index >= 15 is 0 Å². The Morgan fingerprint density at radius 2 is 0.582 bits per heavy atom. The summed E-state index contributed by atoms with van der Waals surface area (Å²) in [5, 5.41) is 6.86. The molecule has 0 saturated carbocycles. The molecule has 1 aliphatic rings. The third-order valence-corrected chi connectivity index (χ3v) is 27.2. The smallest absolute Gasteiger partial charge is 0.456 e. The van der Waals surface area contributed by atoms with Crippen LogP contribution in [0.1, 0.15) is 34.1 Å². The van der Waals surface area contributed by atoms with Gasteiger partial charge in [0.15, 0.2) is 52.3 Å². The van der Waals surface area contributed by atoms with E-state index in [0.29, 0.717) is 68.9 Å². The van der Waals surface area contributed by atoms with E-state index in [9.17, 15) is 30.4 Å². The highest BCUT2D eigenvalue weighted by Crippen LogP contribution is 2.47. The van der Waals surface area contributed by atoms with Crippen LogP contribution in [0.3, 0.4) is 0 Å². The summed E-state index contributed by atoms with van der Waals surface area (Å²) >= 11 is 0. The Morgan fingerprint density at radius 3 is 1.03 bits per heavy atom. The average Bonchev–Trinajstić information content (AvgIpc) is 1.58. The van der Waals surface area contributed by atoms with Gasteiger partial charge >= 0.3 is 23.4 Å². The number of para-hydroxylation sites is 2. The van der Waals surface area contributed by atoms with Gasteiger partial charge in [-0.05, 0) is 138 Å². The standard InChI is InChI=1S/C53H33N5O.C36H25F5N2O3S.C33H28BN3O3/c1-5-17-34(18-6-1)46-33-47(55-50(54-46)35-19-7-2-8-20-35)41-30-29-40(38-25-13-14-26-39(38)41)43-32-49-44(42-27-15-16-28-48(42)59-49)31-45(43)53-57-51(36-21-9-3-10-22-36)56-52(58-53)37-23-11-4-12-24-37;37-35(38,22-36(39,40)41)23-47(44,45)46-33-19-18-29(28-16-7-8-17-30(28)33)32-21-31(42-34(43-32)25-12-5-2-6-13-25)27-15-9-14-26(20-27)24-10-3-1-4-11-24;1-32(2)33(3,4)40-34(39-32)26-20-28-24(23-17-11-12-18-27(23)38-28)19-25(26)31-36-29(21-13-7-5-8-14-21)35-30(37-31)22-15-9-6-10-16-22/h1-33H;1-21H,22-23H2;5-20H,1-4H3. The number of alkyl halides is 5. The largest absolute Gasteiger partial charge is 0.495 e. The summed E-state index contributed by atoms with van der Waals surface area (Å²) in [5.41, 5.74) is 20.2. The van der Waals surface area contributed by atoms with Crippen LogP contribution in [0.5, 0.6) is 5.75 Å². The van der Waals surface area contributed by atoms with Gasteiger partial charge in [-0.1, -0.05) is 358 Å². The summed E-state index contributed by atoms with van der Waals surface area (Å²) in [6.07, 6.45) is -7.85. The minimum atomic E-state index is -5.26. The molecule has 0 atom stereocenters. The zero-order chi connectivity index (χ0) is 99.8. The Bertz CT molecular complexity index is 8770. The van der Waals surface area contributed by atoms with Crippen molar-refractivity contribution in [1.29, 1.82) is 0 Å². The molecule has 17 nitrogen and oxygen atoms in total. The lowest BCUT2D eigenvalue weighted by atomic mass is 9.75. The summed E-state index contributed by atoms with van der Waals surface area (Å²) in [6, 6.07) is 138. The molecule has 24 heteroatoms. The highest BCUT2D eigenvalue weighted by Gasteiger charge is 2.53. The van der Waals surface area contributed by atoms with E-state index in [1.807, 2.05) is 285 Å². The molecule has 1 aliphatic heterocycles. The number of aromatic nitrogens is 10. The molecule has 0 bridgehead atoms. The number of rotatable bonds is 20. The van der Waals surface area contributed by atoms with Crippen LogP contribution in [0, 0.1) is 0 Å². The van der Waals surface area contributed by atoms with E-state index in [2.05, 4.69) is 125 Å². The average molecular weight is 1940 g/mol. The number of nitrogens with zero attached hydrogens (tertiary/aromatic N) is 10. The third kappa shape index (κ3) is 19.6. The van der Waals surface area contributed by atoms with Gasteiger partial charge in [-0.25, -0.2) is 58.6 Å². The quantitative estimate of drug-likeness (QED) is 0.0394. The van der Waals surface area contributed by atoms with Gasteiger partial charge < -0.3 is 22.3 Å². The zero-order valence-corrected chi connectivity index (χ0v) is 79.9. The maximum Gasteiger partial charge on any atom is 0.495 e. The predicted molar refractivity (Wildman–Crippen MR) is 569 cm³/mol. The molecule has 0 radical (unpaired) electrons. The van der Waals surface area contributed by atoms with Crippen molar-refractivity contribution in [2.75, 3.05) is 5.75 Å². The van der Waals surface area contributed by atoms with Crippen molar-refractivity contribution < 1.29 is 52.7 Å². The Hall–Kier alpha value is -17.6.